The van der Waals surface area contributed by atoms with Gasteiger partial charge in [-0.3, -0.25) is 37.5 Å². The third kappa shape index (κ3) is 21.2. The molecule has 0 aromatic heterocycles. The predicted octanol–water partition coefficient (Wildman–Crippen LogP) is -1.71. The van der Waals surface area contributed by atoms with E-state index in [9.17, 15) is 37.5 Å². The van der Waals surface area contributed by atoms with Gasteiger partial charge in [-0.15, -0.1) is 0 Å². The minimum atomic E-state index is -4.73. The molecule has 0 aliphatic carbocycles. The molecule has 0 bridgehead atoms. The van der Waals surface area contributed by atoms with Gasteiger partial charge in [-0.05, 0) is 0 Å². The van der Waals surface area contributed by atoms with Gasteiger partial charge in [0.05, 0.1) is 6.29 Å². The molecular formula is C10H30N3O14P5. The molecule has 194 valence electrons. The summed E-state index contributed by atoms with van der Waals surface area (Å²) in [5.74, 6) is 0. The van der Waals surface area contributed by atoms with Gasteiger partial charge in [0.1, 0.15) is 25.1 Å². The largest absolute Gasteiger partial charge is 0.344 e. The van der Waals surface area contributed by atoms with Crippen molar-refractivity contribution in [2.24, 2.45) is 0 Å². The van der Waals surface area contributed by atoms with Gasteiger partial charge in [-0.2, -0.15) is 0 Å². The Hall–Kier alpha value is 0.670. The monoisotopic (exact) mass is 571 g/mol. The number of hydrogen-bond acceptors (Lipinski definition) is 8. The molecule has 0 aliphatic rings. The van der Waals surface area contributed by atoms with Gasteiger partial charge in [0.25, 0.3) is 0 Å². The van der Waals surface area contributed by atoms with Crippen molar-refractivity contribution in [2.45, 2.75) is 0 Å². The second-order valence-corrected chi connectivity index (χ2v) is 16.2. The van der Waals surface area contributed by atoms with E-state index in [1.807, 2.05) is 0 Å². The summed E-state index contributed by atoms with van der Waals surface area (Å²) in [5.41, 5.74) is 0. The van der Waals surface area contributed by atoms with Crippen LogP contribution >= 0.6 is 37.8 Å². The summed E-state index contributed by atoms with van der Waals surface area (Å²) < 4.78 is 56.7. The molecule has 0 fully saturated rings. The number of rotatable bonds is 16. The summed E-state index contributed by atoms with van der Waals surface area (Å²) in [7, 11) is -22.5. The van der Waals surface area contributed by atoms with Crippen molar-refractivity contribution in [1.29, 1.82) is 0 Å². The molecule has 0 radical (unpaired) electrons. The molecule has 1 unspecified atom stereocenters. The van der Waals surface area contributed by atoms with Crippen molar-refractivity contribution in [3.8, 4) is 0 Å². The lowest BCUT2D eigenvalue weighted by atomic mass is 10.4. The van der Waals surface area contributed by atoms with Gasteiger partial charge in [0.15, 0.2) is 0 Å². The molecule has 0 aromatic rings. The van der Waals surface area contributed by atoms with E-state index in [2.05, 4.69) is 0 Å². The fourth-order valence-electron chi connectivity index (χ4n) is 2.60. The lowest BCUT2D eigenvalue weighted by molar-refractivity contribution is 0.200. The average Bonchev–Trinajstić information content (AvgIpc) is 2.41. The Morgan fingerprint density at radius 2 is 0.656 bits per heavy atom. The molecule has 0 aliphatic heterocycles. The van der Waals surface area contributed by atoms with Crippen LogP contribution in [0, 0.1) is 0 Å². The summed E-state index contributed by atoms with van der Waals surface area (Å²) in [6, 6.07) is 0. The van der Waals surface area contributed by atoms with Gasteiger partial charge in [0.2, 0.25) is 7.37 Å². The second-order valence-electron chi connectivity index (χ2n) is 7.32. The highest BCUT2D eigenvalue weighted by Gasteiger charge is 2.29. The van der Waals surface area contributed by atoms with Gasteiger partial charge in [0, 0.05) is 32.8 Å². The number of hydrogen-bond donors (Lipinski definition) is 9. The maximum atomic E-state index is 11.6. The highest BCUT2D eigenvalue weighted by atomic mass is 31.2. The maximum Gasteiger partial charge on any atom is 0.339 e. The zero-order chi connectivity index (χ0) is 25.6. The summed E-state index contributed by atoms with van der Waals surface area (Å²) >= 11 is 0. The molecular weight excluding hydrogens is 541 g/mol. The Balaban J connectivity index is 5.41. The molecule has 1 atom stereocenters. The zero-order valence-corrected chi connectivity index (χ0v) is 21.5. The molecule has 22 heteroatoms. The molecule has 0 aromatic carbocycles. The normalized spacial score (nSPS) is 16.2. The van der Waals surface area contributed by atoms with Crippen LogP contribution in [0.25, 0.3) is 0 Å². The summed E-state index contributed by atoms with van der Waals surface area (Å²) in [5, 5.41) is 0. The first kappa shape index (κ1) is 32.7. The van der Waals surface area contributed by atoms with Crippen molar-refractivity contribution < 1.29 is 66.9 Å². The minimum Gasteiger partial charge on any atom is -0.344 e. The van der Waals surface area contributed by atoms with Crippen molar-refractivity contribution in [3.63, 3.8) is 0 Å². The first-order valence-electron chi connectivity index (χ1n) is 8.59. The van der Waals surface area contributed by atoms with Crippen LogP contribution < -0.4 is 0 Å². The van der Waals surface area contributed by atoms with E-state index in [1.165, 1.54) is 0 Å². The second kappa shape index (κ2) is 12.6. The smallest absolute Gasteiger partial charge is 0.339 e. The lowest BCUT2D eigenvalue weighted by Gasteiger charge is -2.30. The zero-order valence-electron chi connectivity index (χ0n) is 17.0. The molecule has 0 rings (SSSR count). The standard InChI is InChI=1S/C10H30N3O14P5/c1-28(14,15)6-12(8-30(19,20)21)4-2-11(7-29(16,17)18)3-5-13(9-31(22,23)24)10-32(25,26)27/h2-10H2,1H3,(H,14,15)(H2,16,17,18)(H2,19,20,21)(H2,22,23,24)(H2,25,26,27). The third-order valence-corrected chi connectivity index (χ3v) is 7.46. The number of nitrogens with zero attached hydrogens (tertiary/aromatic N) is 3. The highest BCUT2D eigenvalue weighted by molar-refractivity contribution is 7.57. The molecule has 0 saturated carbocycles. The fraction of sp³-hybridized carbons (Fsp3) is 1.00. The van der Waals surface area contributed by atoms with E-state index in [4.69, 9.17) is 29.4 Å². The first-order valence-corrected chi connectivity index (χ1v) is 18.1. The Labute approximate surface area is 184 Å². The van der Waals surface area contributed by atoms with Crippen molar-refractivity contribution in [3.05, 3.63) is 0 Å². The summed E-state index contributed by atoms with van der Waals surface area (Å²) in [4.78, 5) is 85.3. The summed E-state index contributed by atoms with van der Waals surface area (Å²) in [6.45, 7) is -0.445. The van der Waals surface area contributed by atoms with E-state index in [0.717, 1.165) is 21.4 Å². The van der Waals surface area contributed by atoms with Crippen molar-refractivity contribution >= 4 is 37.8 Å². The van der Waals surface area contributed by atoms with Crippen LogP contribution in [0.1, 0.15) is 0 Å². The van der Waals surface area contributed by atoms with Gasteiger partial charge < -0.3 is 44.0 Å². The maximum absolute atomic E-state index is 11.6. The van der Waals surface area contributed by atoms with Gasteiger partial charge in [-0.25, -0.2) is 0 Å². The predicted molar refractivity (Wildman–Crippen MR) is 113 cm³/mol. The Kier molecular flexibility index (Phi) is 12.8. The van der Waals surface area contributed by atoms with Gasteiger partial charge >= 0.3 is 30.4 Å². The Morgan fingerprint density at radius 3 is 0.906 bits per heavy atom. The van der Waals surface area contributed by atoms with Crippen LogP contribution in [0.5, 0.6) is 0 Å². The molecule has 0 spiro atoms. The molecule has 0 heterocycles. The lowest BCUT2D eigenvalue weighted by Crippen LogP contribution is -2.41. The molecule has 0 amide bonds. The average molecular weight is 571 g/mol. The topological polar surface area (TPSA) is 277 Å². The van der Waals surface area contributed by atoms with Crippen LogP contribution in [-0.2, 0) is 22.8 Å². The third-order valence-electron chi connectivity index (χ3n) is 3.46. The van der Waals surface area contributed by atoms with E-state index < -0.39 is 75.7 Å². The molecule has 17 nitrogen and oxygen atoms in total. The highest BCUT2D eigenvalue weighted by Crippen LogP contribution is 2.42. The SMILES string of the molecule is CP(=O)(O)CN(CCN(CCN(CP(=O)(O)O)CP(=O)(O)O)CP(=O)(O)O)CP(=O)(O)O. The van der Waals surface area contributed by atoms with Crippen LogP contribution in [0.4, 0.5) is 0 Å². The van der Waals surface area contributed by atoms with Crippen LogP contribution in [0.2, 0.25) is 0 Å². The van der Waals surface area contributed by atoms with E-state index in [0.29, 0.717) is 0 Å². The van der Waals surface area contributed by atoms with Crippen LogP contribution in [0.3, 0.4) is 0 Å². The Bertz CT molecular complexity index is 721. The first-order chi connectivity index (χ1) is 13.9. The van der Waals surface area contributed by atoms with Crippen LogP contribution in [0.15, 0.2) is 0 Å². The Morgan fingerprint density at radius 1 is 0.438 bits per heavy atom. The molecule has 9 N–H and O–H groups in total. The van der Waals surface area contributed by atoms with Crippen molar-refractivity contribution in [2.75, 3.05) is 64.3 Å². The van der Waals surface area contributed by atoms with E-state index in [1.54, 1.807) is 0 Å². The van der Waals surface area contributed by atoms with Crippen molar-refractivity contribution in [1.82, 2.24) is 14.7 Å². The van der Waals surface area contributed by atoms with E-state index >= 15 is 0 Å². The quantitative estimate of drug-likeness (QED) is 0.0933. The van der Waals surface area contributed by atoms with E-state index in [-0.39, 0.29) is 19.6 Å². The summed E-state index contributed by atoms with van der Waals surface area (Å²) in [6.07, 6.45) is -4.48. The van der Waals surface area contributed by atoms with Crippen LogP contribution in [-0.4, -0.2) is 123 Å². The molecule has 0 saturated heterocycles. The molecule has 32 heavy (non-hydrogen) atoms. The minimum absolute atomic E-state index is 0.301. The van der Waals surface area contributed by atoms with Gasteiger partial charge in [-0.1, -0.05) is 0 Å². The fourth-order valence-corrected chi connectivity index (χ4v) is 6.99.